The van der Waals surface area contributed by atoms with E-state index in [2.05, 4.69) is 24.0 Å². The molecular formula is C21H22N2O3. The summed E-state index contributed by atoms with van der Waals surface area (Å²) >= 11 is 0. The predicted molar refractivity (Wildman–Crippen MR) is 101 cm³/mol. The average molecular weight is 350 g/mol. The van der Waals surface area contributed by atoms with Crippen LogP contribution in [0, 0.1) is 0 Å². The van der Waals surface area contributed by atoms with Gasteiger partial charge >= 0.3 is 0 Å². The first-order valence-electron chi connectivity index (χ1n) is 8.62. The van der Waals surface area contributed by atoms with E-state index in [1.54, 1.807) is 18.0 Å². The van der Waals surface area contributed by atoms with Crippen molar-refractivity contribution in [2.75, 3.05) is 12.4 Å². The lowest BCUT2D eigenvalue weighted by atomic mass is 9.87. The zero-order chi connectivity index (χ0) is 18.7. The normalized spacial score (nSPS) is 15.7. The first kappa shape index (κ1) is 17.7. The second-order valence-corrected chi connectivity index (χ2v) is 6.45. The number of aryl methyl sites for hydroxylation is 1. The minimum Gasteiger partial charge on any atom is -0.507 e. The minimum absolute atomic E-state index is 0.0294. The molecule has 1 aliphatic rings. The van der Waals surface area contributed by atoms with Crippen molar-refractivity contribution in [1.29, 1.82) is 0 Å². The summed E-state index contributed by atoms with van der Waals surface area (Å²) < 4.78 is 0. The number of aromatic hydroxyl groups is 1. The van der Waals surface area contributed by atoms with Crippen LogP contribution in [0.15, 0.2) is 55.1 Å². The number of hydrogen-bond donors (Lipinski definition) is 2. The molecule has 0 fully saturated rings. The lowest BCUT2D eigenvalue weighted by Crippen LogP contribution is -2.33. The van der Waals surface area contributed by atoms with Gasteiger partial charge in [-0.15, -0.1) is 0 Å². The van der Waals surface area contributed by atoms with Crippen LogP contribution >= 0.6 is 0 Å². The molecule has 2 aromatic rings. The van der Waals surface area contributed by atoms with Gasteiger partial charge in [-0.2, -0.15) is 0 Å². The number of amides is 2. The lowest BCUT2D eigenvalue weighted by Gasteiger charge is -2.33. The summed E-state index contributed by atoms with van der Waals surface area (Å²) in [6, 6.07) is 12.6. The molecule has 1 unspecified atom stereocenters. The predicted octanol–water partition coefficient (Wildman–Crippen LogP) is 3.67. The number of fused-ring (bicyclic) bond motifs is 1. The van der Waals surface area contributed by atoms with Gasteiger partial charge in [-0.25, -0.2) is 0 Å². The fourth-order valence-corrected chi connectivity index (χ4v) is 3.44. The summed E-state index contributed by atoms with van der Waals surface area (Å²) in [5.41, 5.74) is 3.02. The monoisotopic (exact) mass is 350 g/mol. The summed E-state index contributed by atoms with van der Waals surface area (Å²) in [6.45, 7) is 3.41. The molecule has 0 heterocycles. The van der Waals surface area contributed by atoms with E-state index in [4.69, 9.17) is 0 Å². The highest BCUT2D eigenvalue weighted by Gasteiger charge is 2.28. The van der Waals surface area contributed by atoms with Gasteiger partial charge in [0.05, 0.1) is 11.6 Å². The summed E-state index contributed by atoms with van der Waals surface area (Å²) in [5.74, 6) is -0.759. The van der Waals surface area contributed by atoms with E-state index < -0.39 is 0 Å². The molecule has 5 heteroatoms. The maximum atomic E-state index is 13.0. The maximum Gasteiger partial charge on any atom is 0.257 e. The van der Waals surface area contributed by atoms with Gasteiger partial charge in [-0.05, 0) is 54.7 Å². The Balaban J connectivity index is 1.88. The quantitative estimate of drug-likeness (QED) is 0.653. The molecule has 0 saturated carbocycles. The smallest absolute Gasteiger partial charge is 0.257 e. The van der Waals surface area contributed by atoms with E-state index in [0.29, 0.717) is 5.69 Å². The van der Waals surface area contributed by atoms with Crippen LogP contribution < -0.4 is 5.32 Å². The number of carbonyl (C=O) groups is 2. The van der Waals surface area contributed by atoms with Gasteiger partial charge in [0.25, 0.3) is 5.91 Å². The van der Waals surface area contributed by atoms with Crippen LogP contribution in [0.3, 0.4) is 0 Å². The van der Waals surface area contributed by atoms with Crippen LogP contribution in [0.1, 0.15) is 40.4 Å². The topological polar surface area (TPSA) is 69.6 Å². The molecule has 0 aliphatic heterocycles. The number of rotatable bonds is 4. The number of carbonyl (C=O) groups excluding carboxylic acids is 2. The van der Waals surface area contributed by atoms with Crippen LogP contribution in [0.5, 0.6) is 5.75 Å². The SMILES string of the molecule is C=CC(=O)Nc1ccc(O)c(C(=O)N(C)C2CCCc3ccccc32)c1. The summed E-state index contributed by atoms with van der Waals surface area (Å²) in [5, 5.41) is 12.8. The van der Waals surface area contributed by atoms with Crippen molar-refractivity contribution in [2.45, 2.75) is 25.3 Å². The molecule has 0 spiro atoms. The standard InChI is InChI=1S/C21H22N2O3/c1-3-20(25)22-15-11-12-19(24)17(13-15)21(26)23(2)18-10-6-8-14-7-4-5-9-16(14)18/h3-5,7,9,11-13,18,24H,1,6,8,10H2,2H3,(H,22,25). The molecule has 0 bridgehead atoms. The Labute approximate surface area is 153 Å². The van der Waals surface area contributed by atoms with E-state index >= 15 is 0 Å². The summed E-state index contributed by atoms with van der Waals surface area (Å²) in [4.78, 5) is 26.2. The Hall–Kier alpha value is -3.08. The first-order valence-corrected chi connectivity index (χ1v) is 8.62. The van der Waals surface area contributed by atoms with Crippen molar-refractivity contribution >= 4 is 17.5 Å². The highest BCUT2D eigenvalue weighted by molar-refractivity contribution is 6.02. The highest BCUT2D eigenvalue weighted by Crippen LogP contribution is 2.35. The van der Waals surface area contributed by atoms with E-state index in [0.717, 1.165) is 30.9 Å². The van der Waals surface area contributed by atoms with Crippen molar-refractivity contribution in [3.8, 4) is 5.75 Å². The van der Waals surface area contributed by atoms with Crippen molar-refractivity contribution < 1.29 is 14.7 Å². The van der Waals surface area contributed by atoms with E-state index in [1.807, 2.05) is 12.1 Å². The van der Waals surface area contributed by atoms with Gasteiger partial charge < -0.3 is 15.3 Å². The molecule has 0 radical (unpaired) electrons. The average Bonchev–Trinajstić information content (AvgIpc) is 2.67. The van der Waals surface area contributed by atoms with Crippen molar-refractivity contribution in [1.82, 2.24) is 4.90 Å². The first-order chi connectivity index (χ1) is 12.5. The van der Waals surface area contributed by atoms with Crippen LogP contribution in [-0.4, -0.2) is 28.9 Å². The molecule has 0 saturated heterocycles. The van der Waals surface area contributed by atoms with Crippen LogP contribution in [-0.2, 0) is 11.2 Å². The number of hydrogen-bond acceptors (Lipinski definition) is 3. The molecule has 2 N–H and O–H groups in total. The molecule has 2 amide bonds. The number of phenols is 1. The molecule has 2 aromatic carbocycles. The Morgan fingerprint density at radius 2 is 2.04 bits per heavy atom. The molecule has 26 heavy (non-hydrogen) atoms. The fourth-order valence-electron chi connectivity index (χ4n) is 3.44. The van der Waals surface area contributed by atoms with Crippen LogP contribution in [0.2, 0.25) is 0 Å². The number of nitrogens with zero attached hydrogens (tertiary/aromatic N) is 1. The Bertz CT molecular complexity index is 860. The zero-order valence-corrected chi connectivity index (χ0v) is 14.7. The lowest BCUT2D eigenvalue weighted by molar-refractivity contribution is -0.111. The second-order valence-electron chi connectivity index (χ2n) is 6.45. The van der Waals surface area contributed by atoms with Crippen molar-refractivity contribution in [3.63, 3.8) is 0 Å². The van der Waals surface area contributed by atoms with Crippen molar-refractivity contribution in [2.24, 2.45) is 0 Å². The zero-order valence-electron chi connectivity index (χ0n) is 14.7. The molecular weight excluding hydrogens is 328 g/mol. The molecule has 1 aliphatic carbocycles. The molecule has 0 aromatic heterocycles. The van der Waals surface area contributed by atoms with Crippen LogP contribution in [0.4, 0.5) is 5.69 Å². The van der Waals surface area contributed by atoms with E-state index in [1.165, 1.54) is 17.7 Å². The van der Waals surface area contributed by atoms with E-state index in [-0.39, 0.29) is 29.2 Å². The molecule has 134 valence electrons. The third-order valence-electron chi connectivity index (χ3n) is 4.81. The molecule has 5 nitrogen and oxygen atoms in total. The number of phenolic OH excluding ortho intramolecular Hbond substituents is 1. The largest absolute Gasteiger partial charge is 0.507 e. The summed E-state index contributed by atoms with van der Waals surface area (Å²) in [7, 11) is 1.75. The van der Waals surface area contributed by atoms with Gasteiger partial charge in [0.2, 0.25) is 5.91 Å². The fraction of sp³-hybridized carbons (Fsp3) is 0.238. The molecule has 1 atom stereocenters. The number of nitrogens with one attached hydrogen (secondary N) is 1. The van der Waals surface area contributed by atoms with Gasteiger partial charge in [0.15, 0.2) is 0 Å². The van der Waals surface area contributed by atoms with Gasteiger partial charge in [0.1, 0.15) is 5.75 Å². The van der Waals surface area contributed by atoms with Gasteiger partial charge in [-0.1, -0.05) is 30.8 Å². The van der Waals surface area contributed by atoms with Crippen molar-refractivity contribution in [3.05, 3.63) is 71.8 Å². The van der Waals surface area contributed by atoms with Crippen LogP contribution in [0.25, 0.3) is 0 Å². The number of benzene rings is 2. The number of anilines is 1. The third kappa shape index (κ3) is 3.47. The van der Waals surface area contributed by atoms with Gasteiger partial charge in [0, 0.05) is 12.7 Å². The Kier molecular flexibility index (Phi) is 5.07. The second kappa shape index (κ2) is 7.44. The minimum atomic E-state index is -0.372. The Morgan fingerprint density at radius 1 is 1.27 bits per heavy atom. The maximum absolute atomic E-state index is 13.0. The highest BCUT2D eigenvalue weighted by atomic mass is 16.3. The third-order valence-corrected chi connectivity index (χ3v) is 4.81. The van der Waals surface area contributed by atoms with Gasteiger partial charge in [-0.3, -0.25) is 9.59 Å². The summed E-state index contributed by atoms with van der Waals surface area (Å²) in [6.07, 6.45) is 4.07. The van der Waals surface area contributed by atoms with E-state index in [9.17, 15) is 14.7 Å². The molecule has 3 rings (SSSR count). The Morgan fingerprint density at radius 3 is 2.81 bits per heavy atom.